The van der Waals surface area contributed by atoms with E-state index in [1.165, 1.54) is 24.4 Å². The van der Waals surface area contributed by atoms with E-state index in [1.807, 2.05) is 24.3 Å². The second kappa shape index (κ2) is 5.63. The zero-order valence-corrected chi connectivity index (χ0v) is 13.5. The standard InChI is InChI=1S/C17H21N3OS/c1-10-6-11-8-18-15(13(11)7-10)9-19-17(21)16-12-4-2-3-5-14(12)20-22-16/h2-5,10-11,13,15,18H,6-9H2,1H3,(H,19,21)/t10?,11-,13-,15+/m0/s1. The average Bonchev–Trinajstić information content (AvgIpc) is 3.18. The van der Waals surface area contributed by atoms with Gasteiger partial charge in [-0.05, 0) is 54.7 Å². The zero-order chi connectivity index (χ0) is 15.1. The Labute approximate surface area is 134 Å². The number of rotatable bonds is 3. The third kappa shape index (κ3) is 2.42. The number of hydrogen-bond donors (Lipinski definition) is 2. The van der Waals surface area contributed by atoms with Gasteiger partial charge in [-0.2, -0.15) is 4.37 Å². The maximum Gasteiger partial charge on any atom is 0.263 e. The molecule has 4 rings (SSSR count). The summed E-state index contributed by atoms with van der Waals surface area (Å²) >= 11 is 1.29. The van der Waals surface area contributed by atoms with Gasteiger partial charge in [-0.1, -0.05) is 25.1 Å². The van der Waals surface area contributed by atoms with Crippen molar-refractivity contribution in [2.75, 3.05) is 13.1 Å². The average molecular weight is 315 g/mol. The molecule has 4 atom stereocenters. The number of amides is 1. The Morgan fingerprint density at radius 3 is 3.18 bits per heavy atom. The van der Waals surface area contributed by atoms with Crippen molar-refractivity contribution in [1.82, 2.24) is 15.0 Å². The lowest BCUT2D eigenvalue weighted by Gasteiger charge is -2.19. The summed E-state index contributed by atoms with van der Waals surface area (Å²) < 4.78 is 4.35. The van der Waals surface area contributed by atoms with Gasteiger partial charge in [0.25, 0.3) is 5.91 Å². The second-order valence-corrected chi connectivity index (χ2v) is 7.53. The van der Waals surface area contributed by atoms with Crippen LogP contribution in [0, 0.1) is 17.8 Å². The molecule has 1 aliphatic carbocycles. The first-order valence-corrected chi connectivity index (χ1v) is 8.85. The highest BCUT2D eigenvalue weighted by molar-refractivity contribution is 7.09. The van der Waals surface area contributed by atoms with Gasteiger partial charge in [0.1, 0.15) is 4.88 Å². The SMILES string of the molecule is CC1C[C@H]2CN[C@H](CNC(=O)c3snc4ccccc34)[C@H]2C1. The van der Waals surface area contributed by atoms with E-state index in [9.17, 15) is 4.79 Å². The van der Waals surface area contributed by atoms with Crippen LogP contribution in [-0.2, 0) is 0 Å². The monoisotopic (exact) mass is 315 g/mol. The van der Waals surface area contributed by atoms with Crippen LogP contribution in [-0.4, -0.2) is 29.4 Å². The Balaban J connectivity index is 1.43. The van der Waals surface area contributed by atoms with Gasteiger partial charge < -0.3 is 10.6 Å². The fourth-order valence-electron chi connectivity index (χ4n) is 4.19. The lowest BCUT2D eigenvalue weighted by Crippen LogP contribution is -2.40. The first-order chi connectivity index (χ1) is 10.7. The molecule has 4 nitrogen and oxygen atoms in total. The first kappa shape index (κ1) is 14.2. The molecule has 2 fully saturated rings. The van der Waals surface area contributed by atoms with E-state index < -0.39 is 0 Å². The van der Waals surface area contributed by atoms with Gasteiger partial charge in [-0.3, -0.25) is 4.79 Å². The molecule has 1 unspecified atom stereocenters. The lowest BCUT2D eigenvalue weighted by molar-refractivity contribution is 0.0953. The molecule has 22 heavy (non-hydrogen) atoms. The van der Waals surface area contributed by atoms with Gasteiger partial charge in [-0.25, -0.2) is 0 Å². The summed E-state index contributed by atoms with van der Waals surface area (Å²) in [6.07, 6.45) is 2.63. The summed E-state index contributed by atoms with van der Waals surface area (Å²) in [4.78, 5) is 13.2. The van der Waals surface area contributed by atoms with Crippen molar-refractivity contribution >= 4 is 28.3 Å². The van der Waals surface area contributed by atoms with Crippen LogP contribution in [0.4, 0.5) is 0 Å². The number of benzene rings is 1. The van der Waals surface area contributed by atoms with Crippen molar-refractivity contribution in [2.24, 2.45) is 17.8 Å². The van der Waals surface area contributed by atoms with Crippen LogP contribution in [0.2, 0.25) is 0 Å². The Bertz CT molecular complexity index is 698. The third-order valence-electron chi connectivity index (χ3n) is 5.22. The third-order valence-corrected chi connectivity index (χ3v) is 6.09. The van der Waals surface area contributed by atoms with Crippen LogP contribution in [0.1, 0.15) is 29.4 Å². The number of carbonyl (C=O) groups is 1. The second-order valence-electron chi connectivity index (χ2n) is 6.75. The molecule has 1 aromatic carbocycles. The van der Waals surface area contributed by atoms with E-state index in [4.69, 9.17) is 0 Å². The van der Waals surface area contributed by atoms with Crippen molar-refractivity contribution in [3.05, 3.63) is 29.1 Å². The quantitative estimate of drug-likeness (QED) is 0.915. The van der Waals surface area contributed by atoms with Crippen LogP contribution in [0.5, 0.6) is 0 Å². The molecule has 1 aromatic heterocycles. The van der Waals surface area contributed by atoms with Crippen LogP contribution in [0.25, 0.3) is 10.9 Å². The summed E-state index contributed by atoms with van der Waals surface area (Å²) in [6, 6.07) is 8.25. The fraction of sp³-hybridized carbons (Fsp3) is 0.529. The lowest BCUT2D eigenvalue weighted by atomic mass is 9.94. The largest absolute Gasteiger partial charge is 0.350 e. The maximum atomic E-state index is 12.5. The van der Waals surface area contributed by atoms with E-state index in [-0.39, 0.29) is 5.91 Å². The zero-order valence-electron chi connectivity index (χ0n) is 12.7. The molecule has 1 aliphatic heterocycles. The van der Waals surface area contributed by atoms with E-state index in [1.54, 1.807) is 0 Å². The van der Waals surface area contributed by atoms with Crippen LogP contribution in [0.15, 0.2) is 24.3 Å². The van der Waals surface area contributed by atoms with Crippen molar-refractivity contribution in [3.63, 3.8) is 0 Å². The van der Waals surface area contributed by atoms with Crippen molar-refractivity contribution in [1.29, 1.82) is 0 Å². The molecule has 2 N–H and O–H groups in total. The summed E-state index contributed by atoms with van der Waals surface area (Å²) in [5.74, 6) is 2.38. The van der Waals surface area contributed by atoms with Crippen molar-refractivity contribution < 1.29 is 4.79 Å². The molecule has 2 heterocycles. The van der Waals surface area contributed by atoms with E-state index in [0.29, 0.717) is 6.04 Å². The van der Waals surface area contributed by atoms with Crippen molar-refractivity contribution in [2.45, 2.75) is 25.8 Å². The molecular weight excluding hydrogens is 294 g/mol. The highest BCUT2D eigenvalue weighted by Crippen LogP contribution is 2.41. The summed E-state index contributed by atoms with van der Waals surface area (Å²) in [6.45, 7) is 4.18. The predicted molar refractivity (Wildman–Crippen MR) is 89.1 cm³/mol. The normalized spacial score (nSPS) is 30.6. The molecule has 116 valence electrons. The molecule has 0 radical (unpaired) electrons. The molecule has 2 aromatic rings. The Morgan fingerprint density at radius 1 is 1.41 bits per heavy atom. The highest BCUT2D eigenvalue weighted by atomic mass is 32.1. The van der Waals surface area contributed by atoms with E-state index in [2.05, 4.69) is 21.9 Å². The maximum absolute atomic E-state index is 12.5. The molecular formula is C17H21N3OS. The van der Waals surface area contributed by atoms with Gasteiger partial charge in [0.05, 0.1) is 5.52 Å². The predicted octanol–water partition coefficient (Wildman–Crippen LogP) is 2.66. The molecule has 2 aliphatic rings. The summed E-state index contributed by atoms with van der Waals surface area (Å²) in [5, 5.41) is 7.66. The van der Waals surface area contributed by atoms with Gasteiger partial charge in [0, 0.05) is 18.0 Å². The smallest absolute Gasteiger partial charge is 0.263 e. The van der Waals surface area contributed by atoms with Gasteiger partial charge in [-0.15, -0.1) is 0 Å². The Morgan fingerprint density at radius 2 is 2.27 bits per heavy atom. The fourth-order valence-corrected chi connectivity index (χ4v) is 4.96. The molecule has 0 bridgehead atoms. The number of aromatic nitrogens is 1. The van der Waals surface area contributed by atoms with Crippen LogP contribution >= 0.6 is 11.5 Å². The number of hydrogen-bond acceptors (Lipinski definition) is 4. The molecule has 5 heteroatoms. The minimum absolute atomic E-state index is 0.00926. The van der Waals surface area contributed by atoms with E-state index in [0.717, 1.165) is 46.6 Å². The van der Waals surface area contributed by atoms with Crippen LogP contribution in [0.3, 0.4) is 0 Å². The highest BCUT2D eigenvalue weighted by Gasteiger charge is 2.41. The minimum atomic E-state index is 0.00926. The van der Waals surface area contributed by atoms with Gasteiger partial charge in [0.2, 0.25) is 0 Å². The van der Waals surface area contributed by atoms with E-state index >= 15 is 0 Å². The topological polar surface area (TPSA) is 54.0 Å². The van der Waals surface area contributed by atoms with Crippen molar-refractivity contribution in [3.8, 4) is 0 Å². The molecule has 0 spiro atoms. The van der Waals surface area contributed by atoms with Gasteiger partial charge in [0.15, 0.2) is 0 Å². The Hall–Kier alpha value is -1.46. The molecule has 1 saturated heterocycles. The molecule has 1 saturated carbocycles. The summed E-state index contributed by atoms with van der Waals surface area (Å²) in [5.41, 5.74) is 0.904. The number of nitrogens with zero attached hydrogens (tertiary/aromatic N) is 1. The summed E-state index contributed by atoms with van der Waals surface area (Å²) in [7, 11) is 0. The van der Waals surface area contributed by atoms with Crippen LogP contribution < -0.4 is 10.6 Å². The van der Waals surface area contributed by atoms with Gasteiger partial charge >= 0.3 is 0 Å². The Kier molecular flexibility index (Phi) is 3.62. The molecule has 1 amide bonds. The number of fused-ring (bicyclic) bond motifs is 2. The number of nitrogens with one attached hydrogen (secondary N) is 2. The number of carbonyl (C=O) groups excluding carboxylic acids is 1. The minimum Gasteiger partial charge on any atom is -0.350 e. The first-order valence-electron chi connectivity index (χ1n) is 8.08.